The van der Waals surface area contributed by atoms with E-state index in [0.717, 1.165) is 23.2 Å². The predicted octanol–water partition coefficient (Wildman–Crippen LogP) is 3.30. The van der Waals surface area contributed by atoms with Gasteiger partial charge in [0.15, 0.2) is 0 Å². The molecule has 0 amide bonds. The summed E-state index contributed by atoms with van der Waals surface area (Å²) in [6, 6.07) is 7.56. The summed E-state index contributed by atoms with van der Waals surface area (Å²) in [4.78, 5) is 4.22. The van der Waals surface area contributed by atoms with Gasteiger partial charge in [-0.2, -0.15) is 0 Å². The van der Waals surface area contributed by atoms with Gasteiger partial charge < -0.3 is 9.88 Å². The number of rotatable bonds is 3. The van der Waals surface area contributed by atoms with Crippen molar-refractivity contribution in [3.8, 4) is 0 Å². The molecule has 0 spiro atoms. The molecule has 78 valence electrons. The van der Waals surface area contributed by atoms with Gasteiger partial charge in [0.1, 0.15) is 0 Å². The number of aryl methyl sites for hydroxylation is 1. The Kier molecular flexibility index (Phi) is 2.92. The van der Waals surface area contributed by atoms with E-state index in [2.05, 4.69) is 17.2 Å². The fraction of sp³-hybridized carbons (Fsp3) is 0.182. The van der Waals surface area contributed by atoms with Crippen molar-refractivity contribution >= 4 is 23.2 Å². The Balaban J connectivity index is 2.18. The van der Waals surface area contributed by atoms with E-state index in [1.165, 1.54) is 0 Å². The summed E-state index contributed by atoms with van der Waals surface area (Å²) < 4.78 is 2.04. The normalized spacial score (nSPS) is 10.3. The van der Waals surface area contributed by atoms with Crippen LogP contribution in [-0.2, 0) is 6.54 Å². The summed E-state index contributed by atoms with van der Waals surface area (Å²) in [6.07, 6.45) is 3.72. The monoisotopic (exact) mass is 221 g/mol. The molecule has 0 aliphatic heterocycles. The van der Waals surface area contributed by atoms with E-state index in [9.17, 15) is 0 Å². The van der Waals surface area contributed by atoms with Crippen molar-refractivity contribution in [1.82, 2.24) is 9.55 Å². The number of hydrogen-bond acceptors (Lipinski definition) is 2. The number of hydrogen-bond donors (Lipinski definition) is 1. The van der Waals surface area contributed by atoms with E-state index >= 15 is 0 Å². The molecule has 0 aliphatic carbocycles. The lowest BCUT2D eigenvalue weighted by Gasteiger charge is -2.07. The summed E-state index contributed by atoms with van der Waals surface area (Å²) in [5.74, 6) is 0.847. The molecule has 0 aliphatic rings. The third kappa shape index (κ3) is 2.30. The topological polar surface area (TPSA) is 29.9 Å². The molecular weight excluding hydrogens is 210 g/mol. The highest BCUT2D eigenvalue weighted by Crippen LogP contribution is 2.17. The van der Waals surface area contributed by atoms with Gasteiger partial charge in [-0.25, -0.2) is 4.98 Å². The summed E-state index contributed by atoms with van der Waals surface area (Å²) >= 11 is 5.80. The van der Waals surface area contributed by atoms with E-state index in [1.54, 1.807) is 6.20 Å². The lowest BCUT2D eigenvalue weighted by atomic mass is 10.3. The third-order valence-electron chi connectivity index (χ3n) is 2.16. The van der Waals surface area contributed by atoms with Gasteiger partial charge in [-0.1, -0.05) is 11.6 Å². The van der Waals surface area contributed by atoms with Gasteiger partial charge in [0.05, 0.1) is 0 Å². The number of nitrogens with one attached hydrogen (secondary N) is 1. The molecule has 0 saturated heterocycles. The highest BCUT2D eigenvalue weighted by molar-refractivity contribution is 6.30. The van der Waals surface area contributed by atoms with Crippen LogP contribution in [0, 0.1) is 0 Å². The zero-order chi connectivity index (χ0) is 10.7. The highest BCUT2D eigenvalue weighted by Gasteiger charge is 2.00. The van der Waals surface area contributed by atoms with Crippen molar-refractivity contribution in [1.29, 1.82) is 0 Å². The zero-order valence-corrected chi connectivity index (χ0v) is 9.20. The zero-order valence-electron chi connectivity index (χ0n) is 8.44. The molecule has 2 rings (SSSR count). The van der Waals surface area contributed by atoms with Crippen LogP contribution in [0.5, 0.6) is 0 Å². The Labute approximate surface area is 93.7 Å². The van der Waals surface area contributed by atoms with Crippen molar-refractivity contribution < 1.29 is 0 Å². The Hall–Kier alpha value is -1.48. The second-order valence-corrected chi connectivity index (χ2v) is 3.61. The van der Waals surface area contributed by atoms with Crippen molar-refractivity contribution in [2.45, 2.75) is 13.5 Å². The van der Waals surface area contributed by atoms with Crippen LogP contribution in [0.25, 0.3) is 0 Å². The lowest BCUT2D eigenvalue weighted by molar-refractivity contribution is 0.772. The second kappa shape index (κ2) is 4.36. The minimum Gasteiger partial charge on any atom is -0.326 e. The summed E-state index contributed by atoms with van der Waals surface area (Å²) in [5, 5.41) is 3.96. The van der Waals surface area contributed by atoms with Crippen molar-refractivity contribution in [3.05, 3.63) is 41.7 Å². The molecule has 0 saturated carbocycles. The van der Waals surface area contributed by atoms with Crippen LogP contribution in [0.1, 0.15) is 6.92 Å². The Bertz CT molecular complexity index is 433. The quantitative estimate of drug-likeness (QED) is 0.862. The molecule has 1 aromatic carbocycles. The average Bonchev–Trinajstić information content (AvgIpc) is 2.69. The van der Waals surface area contributed by atoms with Crippen molar-refractivity contribution in [3.63, 3.8) is 0 Å². The molecule has 3 nitrogen and oxygen atoms in total. The molecule has 0 bridgehead atoms. The molecule has 15 heavy (non-hydrogen) atoms. The number of halogens is 1. The average molecular weight is 222 g/mol. The van der Waals surface area contributed by atoms with Gasteiger partial charge >= 0.3 is 0 Å². The first-order valence-electron chi connectivity index (χ1n) is 4.83. The van der Waals surface area contributed by atoms with Gasteiger partial charge in [0.2, 0.25) is 5.95 Å². The standard InChI is InChI=1S/C11H12ClN3/c1-2-15-8-7-13-11(15)14-10-5-3-9(12)4-6-10/h3-8H,2H2,1H3,(H,13,14). The van der Waals surface area contributed by atoms with Crippen LogP contribution >= 0.6 is 11.6 Å². The largest absolute Gasteiger partial charge is 0.326 e. The molecule has 0 radical (unpaired) electrons. The number of anilines is 2. The van der Waals surface area contributed by atoms with Crippen molar-refractivity contribution in [2.24, 2.45) is 0 Å². The first kappa shape index (κ1) is 10.1. The van der Waals surface area contributed by atoms with Crippen LogP contribution < -0.4 is 5.32 Å². The minimum atomic E-state index is 0.736. The summed E-state index contributed by atoms with van der Waals surface area (Å²) in [5.41, 5.74) is 0.986. The highest BCUT2D eigenvalue weighted by atomic mass is 35.5. The summed E-state index contributed by atoms with van der Waals surface area (Å²) in [7, 11) is 0. The van der Waals surface area contributed by atoms with Crippen molar-refractivity contribution in [2.75, 3.05) is 5.32 Å². The van der Waals surface area contributed by atoms with Gasteiger partial charge in [-0.3, -0.25) is 0 Å². The van der Waals surface area contributed by atoms with Gasteiger partial charge in [-0.15, -0.1) is 0 Å². The molecule has 2 aromatic rings. The maximum Gasteiger partial charge on any atom is 0.207 e. The fourth-order valence-corrected chi connectivity index (χ4v) is 1.48. The van der Waals surface area contributed by atoms with Crippen LogP contribution in [0.2, 0.25) is 5.02 Å². The van der Waals surface area contributed by atoms with Crippen LogP contribution in [-0.4, -0.2) is 9.55 Å². The Morgan fingerprint density at radius 3 is 2.73 bits per heavy atom. The van der Waals surface area contributed by atoms with E-state index in [1.807, 2.05) is 35.0 Å². The second-order valence-electron chi connectivity index (χ2n) is 3.17. The van der Waals surface area contributed by atoms with E-state index < -0.39 is 0 Å². The van der Waals surface area contributed by atoms with E-state index in [4.69, 9.17) is 11.6 Å². The maximum absolute atomic E-state index is 5.80. The lowest BCUT2D eigenvalue weighted by Crippen LogP contribution is -2.00. The first-order chi connectivity index (χ1) is 7.29. The number of benzene rings is 1. The fourth-order valence-electron chi connectivity index (χ4n) is 1.35. The number of aromatic nitrogens is 2. The molecule has 1 aromatic heterocycles. The Morgan fingerprint density at radius 1 is 1.33 bits per heavy atom. The smallest absolute Gasteiger partial charge is 0.207 e. The first-order valence-corrected chi connectivity index (χ1v) is 5.21. The van der Waals surface area contributed by atoms with Gasteiger partial charge in [0.25, 0.3) is 0 Å². The van der Waals surface area contributed by atoms with Gasteiger partial charge in [-0.05, 0) is 31.2 Å². The minimum absolute atomic E-state index is 0.736. The van der Waals surface area contributed by atoms with Crippen LogP contribution in [0.15, 0.2) is 36.7 Å². The predicted molar refractivity (Wildman–Crippen MR) is 62.6 cm³/mol. The SMILES string of the molecule is CCn1ccnc1Nc1ccc(Cl)cc1. The molecule has 1 heterocycles. The maximum atomic E-state index is 5.80. The van der Waals surface area contributed by atoms with E-state index in [-0.39, 0.29) is 0 Å². The molecule has 1 N–H and O–H groups in total. The Morgan fingerprint density at radius 2 is 2.07 bits per heavy atom. The molecule has 4 heteroatoms. The summed E-state index contributed by atoms with van der Waals surface area (Å²) in [6.45, 7) is 2.98. The number of nitrogens with zero attached hydrogens (tertiary/aromatic N) is 2. The molecule has 0 atom stereocenters. The molecular formula is C11H12ClN3. The van der Waals surface area contributed by atoms with E-state index in [0.29, 0.717) is 0 Å². The number of imidazole rings is 1. The molecule has 0 unspecified atom stereocenters. The van der Waals surface area contributed by atoms with Crippen LogP contribution in [0.3, 0.4) is 0 Å². The molecule has 0 fully saturated rings. The van der Waals surface area contributed by atoms with Crippen LogP contribution in [0.4, 0.5) is 11.6 Å². The van der Waals surface area contributed by atoms with Gasteiger partial charge in [0, 0.05) is 29.6 Å². The third-order valence-corrected chi connectivity index (χ3v) is 2.41.